The zero-order chi connectivity index (χ0) is 27.9. The first-order valence-corrected chi connectivity index (χ1v) is 14.1. The number of likely N-dealkylation sites (N-methyl/N-ethyl adjacent to an activating group) is 1. The third kappa shape index (κ3) is 6.90. The topological polar surface area (TPSA) is 96.0 Å². The molecular weight excluding hydrogens is 577 g/mol. The van der Waals surface area contributed by atoms with Gasteiger partial charge < -0.3 is 15.0 Å². The van der Waals surface area contributed by atoms with E-state index in [1.165, 1.54) is 56.4 Å². The van der Waals surface area contributed by atoms with Crippen LogP contribution in [0.25, 0.3) is 0 Å². The van der Waals surface area contributed by atoms with Crippen LogP contribution < -0.4 is 14.4 Å². The zero-order valence-corrected chi connectivity index (χ0v) is 23.6. The van der Waals surface area contributed by atoms with E-state index in [0.717, 1.165) is 9.21 Å². The minimum absolute atomic E-state index is 0.0256. The second-order valence-electron chi connectivity index (χ2n) is 8.30. The van der Waals surface area contributed by atoms with E-state index in [1.807, 2.05) is 6.92 Å². The first-order chi connectivity index (χ1) is 18.1. The van der Waals surface area contributed by atoms with Crippen molar-refractivity contribution in [3.05, 3.63) is 88.6 Å². The van der Waals surface area contributed by atoms with Crippen LogP contribution in [0.1, 0.15) is 19.4 Å². The Morgan fingerprint density at radius 3 is 2.24 bits per heavy atom. The Morgan fingerprint density at radius 2 is 1.66 bits per heavy atom. The number of amides is 2. The molecule has 0 unspecified atom stereocenters. The van der Waals surface area contributed by atoms with Gasteiger partial charge in [0.2, 0.25) is 11.8 Å². The van der Waals surface area contributed by atoms with Crippen LogP contribution in [0.4, 0.5) is 10.1 Å². The highest BCUT2D eigenvalue weighted by atomic mass is 79.9. The van der Waals surface area contributed by atoms with Crippen molar-refractivity contribution < 1.29 is 27.1 Å². The van der Waals surface area contributed by atoms with Gasteiger partial charge in [0.25, 0.3) is 10.0 Å². The molecule has 3 aromatic rings. The van der Waals surface area contributed by atoms with E-state index in [2.05, 4.69) is 21.2 Å². The smallest absolute Gasteiger partial charge is 0.264 e. The minimum Gasteiger partial charge on any atom is -0.494 e. The number of carbonyl (C=O) groups excluding carboxylic acids is 2. The predicted molar refractivity (Wildman–Crippen MR) is 147 cm³/mol. The van der Waals surface area contributed by atoms with Crippen molar-refractivity contribution in [1.29, 1.82) is 0 Å². The van der Waals surface area contributed by atoms with Crippen molar-refractivity contribution in [2.75, 3.05) is 24.5 Å². The van der Waals surface area contributed by atoms with E-state index in [0.29, 0.717) is 16.8 Å². The number of carbonyl (C=O) groups is 2. The highest BCUT2D eigenvalue weighted by molar-refractivity contribution is 9.10. The Bertz CT molecular complexity index is 1370. The van der Waals surface area contributed by atoms with Gasteiger partial charge in [-0.15, -0.1) is 0 Å². The quantitative estimate of drug-likeness (QED) is 0.351. The molecule has 1 N–H and O–H groups in total. The number of hydrogen-bond donors (Lipinski definition) is 1. The number of benzene rings is 3. The van der Waals surface area contributed by atoms with Crippen LogP contribution in [0.15, 0.2) is 82.2 Å². The molecule has 3 rings (SSSR count). The molecule has 0 saturated carbocycles. The molecule has 0 bridgehead atoms. The molecule has 0 spiro atoms. The molecule has 3 aromatic carbocycles. The van der Waals surface area contributed by atoms with E-state index in [1.54, 1.807) is 30.3 Å². The van der Waals surface area contributed by atoms with E-state index >= 15 is 0 Å². The molecule has 38 heavy (non-hydrogen) atoms. The van der Waals surface area contributed by atoms with Crippen molar-refractivity contribution in [2.45, 2.75) is 31.3 Å². The van der Waals surface area contributed by atoms with Gasteiger partial charge in [0.15, 0.2) is 0 Å². The van der Waals surface area contributed by atoms with Crippen LogP contribution in [0.3, 0.4) is 0 Å². The maximum atomic E-state index is 14.5. The maximum Gasteiger partial charge on any atom is 0.264 e. The fraction of sp³-hybridized carbons (Fsp3) is 0.259. The van der Waals surface area contributed by atoms with Gasteiger partial charge in [-0.2, -0.15) is 0 Å². The lowest BCUT2D eigenvalue weighted by molar-refractivity contribution is -0.139. The van der Waals surface area contributed by atoms with E-state index < -0.39 is 40.2 Å². The van der Waals surface area contributed by atoms with E-state index in [-0.39, 0.29) is 22.7 Å². The van der Waals surface area contributed by atoms with E-state index in [4.69, 9.17) is 4.74 Å². The summed E-state index contributed by atoms with van der Waals surface area (Å²) in [5, 5.41) is 2.49. The SMILES string of the molecule is CCOc1ccc(N(CC(=O)N(Cc2ccccc2F)[C@H](C)C(=O)NC)S(=O)(=O)c2ccc(Br)cc2)cc1. The molecule has 0 aliphatic rings. The monoisotopic (exact) mass is 605 g/mol. The molecule has 0 heterocycles. The molecule has 8 nitrogen and oxygen atoms in total. The Balaban J connectivity index is 2.04. The Kier molecular flexibility index (Phi) is 9.87. The van der Waals surface area contributed by atoms with Gasteiger partial charge in [-0.05, 0) is 68.4 Å². The highest BCUT2D eigenvalue weighted by Crippen LogP contribution is 2.27. The Hall–Kier alpha value is -3.44. The van der Waals surface area contributed by atoms with Crippen LogP contribution >= 0.6 is 15.9 Å². The number of ether oxygens (including phenoxy) is 1. The summed E-state index contributed by atoms with van der Waals surface area (Å²) in [7, 11) is -2.78. The predicted octanol–water partition coefficient (Wildman–Crippen LogP) is 4.35. The average molecular weight is 607 g/mol. The number of rotatable bonds is 11. The van der Waals surface area contributed by atoms with Gasteiger partial charge in [0.05, 0.1) is 17.2 Å². The lowest BCUT2D eigenvalue weighted by atomic mass is 10.1. The highest BCUT2D eigenvalue weighted by Gasteiger charge is 2.32. The number of nitrogens with zero attached hydrogens (tertiary/aromatic N) is 2. The van der Waals surface area contributed by atoms with Gasteiger partial charge in [-0.25, -0.2) is 12.8 Å². The average Bonchev–Trinajstić information content (AvgIpc) is 2.91. The molecule has 0 radical (unpaired) electrons. The van der Waals surface area contributed by atoms with Gasteiger partial charge >= 0.3 is 0 Å². The molecule has 0 aliphatic heterocycles. The lowest BCUT2D eigenvalue weighted by Gasteiger charge is -2.31. The Morgan fingerprint density at radius 1 is 1.03 bits per heavy atom. The molecule has 0 saturated heterocycles. The van der Waals surface area contributed by atoms with Crippen molar-refractivity contribution in [1.82, 2.24) is 10.2 Å². The second kappa shape index (κ2) is 12.9. The summed E-state index contributed by atoms with van der Waals surface area (Å²) in [5.41, 5.74) is 0.420. The van der Waals surface area contributed by atoms with Crippen molar-refractivity contribution in [2.24, 2.45) is 0 Å². The molecule has 11 heteroatoms. The van der Waals surface area contributed by atoms with Gasteiger partial charge in [-0.1, -0.05) is 34.1 Å². The first kappa shape index (κ1) is 29.1. The number of anilines is 1. The third-order valence-electron chi connectivity index (χ3n) is 5.83. The summed E-state index contributed by atoms with van der Waals surface area (Å²) in [6, 6.07) is 17.2. The van der Waals surface area contributed by atoms with Crippen molar-refractivity contribution in [3.8, 4) is 5.75 Å². The number of halogens is 2. The standard InChI is InChI=1S/C27H29BrFN3O5S/c1-4-37-23-13-11-22(12-14-23)32(38(35,36)24-15-9-21(28)10-16-24)18-26(33)31(19(2)27(34)30-3)17-20-7-5-6-8-25(20)29/h5-16,19H,4,17-18H2,1-3H3,(H,30,34)/t19-/m1/s1. The Labute approximate surface area is 230 Å². The van der Waals surface area contributed by atoms with Crippen molar-refractivity contribution >= 4 is 43.5 Å². The van der Waals surface area contributed by atoms with Crippen LogP contribution in [0.2, 0.25) is 0 Å². The second-order valence-corrected chi connectivity index (χ2v) is 11.1. The number of nitrogens with one attached hydrogen (secondary N) is 1. The summed E-state index contributed by atoms with van der Waals surface area (Å²) < 4.78 is 49.1. The molecule has 202 valence electrons. The molecule has 1 atom stereocenters. The summed E-state index contributed by atoms with van der Waals surface area (Å²) in [6.07, 6.45) is 0. The van der Waals surface area contributed by atoms with Gasteiger partial charge in [0.1, 0.15) is 24.2 Å². The minimum atomic E-state index is -4.21. The fourth-order valence-electron chi connectivity index (χ4n) is 3.74. The molecular formula is C27H29BrFN3O5S. The molecule has 0 aromatic heterocycles. The largest absolute Gasteiger partial charge is 0.494 e. The van der Waals surface area contributed by atoms with Crippen LogP contribution in [-0.4, -0.2) is 51.4 Å². The van der Waals surface area contributed by atoms with Gasteiger partial charge in [0, 0.05) is 23.6 Å². The normalized spacial score (nSPS) is 11.9. The van der Waals surface area contributed by atoms with Gasteiger partial charge in [-0.3, -0.25) is 13.9 Å². The summed E-state index contributed by atoms with van der Waals surface area (Å²) in [4.78, 5) is 27.3. The fourth-order valence-corrected chi connectivity index (χ4v) is 5.42. The summed E-state index contributed by atoms with van der Waals surface area (Å²) in [6.45, 7) is 2.91. The number of sulfonamides is 1. The molecule has 0 aliphatic carbocycles. The zero-order valence-electron chi connectivity index (χ0n) is 21.2. The van der Waals surface area contributed by atoms with E-state index in [9.17, 15) is 22.4 Å². The first-order valence-electron chi connectivity index (χ1n) is 11.8. The third-order valence-corrected chi connectivity index (χ3v) is 8.15. The van der Waals surface area contributed by atoms with Crippen molar-refractivity contribution in [3.63, 3.8) is 0 Å². The van der Waals surface area contributed by atoms with Crippen LogP contribution in [0, 0.1) is 5.82 Å². The molecule has 2 amide bonds. The summed E-state index contributed by atoms with van der Waals surface area (Å²) >= 11 is 3.30. The van der Waals surface area contributed by atoms with Crippen LogP contribution in [0.5, 0.6) is 5.75 Å². The maximum absolute atomic E-state index is 14.5. The van der Waals surface area contributed by atoms with Crippen LogP contribution in [-0.2, 0) is 26.2 Å². The summed E-state index contributed by atoms with van der Waals surface area (Å²) in [5.74, 6) is -1.16. The lowest BCUT2D eigenvalue weighted by Crippen LogP contribution is -2.50. The number of hydrogen-bond acceptors (Lipinski definition) is 5. The molecule has 0 fully saturated rings.